The van der Waals surface area contributed by atoms with Crippen molar-refractivity contribution < 1.29 is 0 Å². The second kappa shape index (κ2) is 6.64. The third-order valence-corrected chi connectivity index (χ3v) is 5.06. The molecular weight excluding hydrogens is 310 g/mol. The minimum absolute atomic E-state index is 0.619. The minimum Gasteiger partial charge on any atom is -0.236 e. The highest BCUT2D eigenvalue weighted by molar-refractivity contribution is 7.15. The van der Waals surface area contributed by atoms with E-state index in [9.17, 15) is 0 Å². The molecule has 1 nitrogen and oxygen atoms in total. The molecule has 112 valence electrons. The molecule has 0 radical (unpaired) electrons. The van der Waals surface area contributed by atoms with Crippen LogP contribution in [-0.2, 0) is 6.42 Å². The Labute approximate surface area is 140 Å². The Morgan fingerprint density at radius 3 is 2.41 bits per heavy atom. The maximum absolute atomic E-state index is 5.99. The molecule has 0 bridgehead atoms. The molecule has 3 aromatic rings. The van der Waals surface area contributed by atoms with Gasteiger partial charge in [-0.25, -0.2) is 4.98 Å². The molecular formula is C19H18ClNS. The van der Waals surface area contributed by atoms with E-state index in [1.54, 1.807) is 11.3 Å². The molecule has 22 heavy (non-hydrogen) atoms. The van der Waals surface area contributed by atoms with Crippen molar-refractivity contribution in [3.05, 3.63) is 64.5 Å². The largest absolute Gasteiger partial charge is 0.236 e. The number of alkyl halides is 1. The summed E-state index contributed by atoms with van der Waals surface area (Å²) < 4.78 is 0. The standard InChI is InChI=1S/C19H18ClNS/c1-13-7-9-15(10-8-13)18-17(11-12-20)22-19(21-18)16-6-4-3-5-14(16)2/h3-10H,11-12H2,1-2H3. The number of benzene rings is 2. The van der Waals surface area contributed by atoms with E-state index in [4.69, 9.17) is 16.6 Å². The smallest absolute Gasteiger partial charge is 0.124 e. The molecule has 0 N–H and O–H groups in total. The zero-order valence-electron chi connectivity index (χ0n) is 12.8. The Morgan fingerprint density at radius 1 is 1.00 bits per heavy atom. The molecule has 0 atom stereocenters. The van der Waals surface area contributed by atoms with E-state index in [0.717, 1.165) is 17.1 Å². The van der Waals surface area contributed by atoms with Crippen LogP contribution >= 0.6 is 22.9 Å². The van der Waals surface area contributed by atoms with E-state index in [1.165, 1.54) is 27.1 Å². The van der Waals surface area contributed by atoms with Gasteiger partial charge in [-0.3, -0.25) is 0 Å². The quantitative estimate of drug-likeness (QED) is 0.546. The zero-order chi connectivity index (χ0) is 15.5. The number of aromatic nitrogens is 1. The molecule has 0 saturated heterocycles. The van der Waals surface area contributed by atoms with Crippen molar-refractivity contribution in [1.29, 1.82) is 0 Å². The predicted octanol–water partition coefficient (Wildman–Crippen LogP) is 5.88. The van der Waals surface area contributed by atoms with Crippen molar-refractivity contribution in [3.63, 3.8) is 0 Å². The predicted molar refractivity (Wildman–Crippen MR) is 96.9 cm³/mol. The summed E-state index contributed by atoms with van der Waals surface area (Å²) in [6.45, 7) is 4.23. The van der Waals surface area contributed by atoms with Gasteiger partial charge in [-0.1, -0.05) is 54.1 Å². The van der Waals surface area contributed by atoms with E-state index < -0.39 is 0 Å². The topological polar surface area (TPSA) is 12.9 Å². The molecule has 0 spiro atoms. The third kappa shape index (κ3) is 3.08. The van der Waals surface area contributed by atoms with Crippen LogP contribution in [0.3, 0.4) is 0 Å². The second-order valence-corrected chi connectivity index (χ2v) is 6.87. The summed E-state index contributed by atoms with van der Waals surface area (Å²) in [7, 11) is 0. The summed E-state index contributed by atoms with van der Waals surface area (Å²) in [4.78, 5) is 6.18. The summed E-state index contributed by atoms with van der Waals surface area (Å²) in [5, 5.41) is 1.08. The number of thiazole rings is 1. The summed E-state index contributed by atoms with van der Waals surface area (Å²) in [6, 6.07) is 16.9. The van der Waals surface area contributed by atoms with E-state index in [-0.39, 0.29) is 0 Å². The van der Waals surface area contributed by atoms with Gasteiger partial charge >= 0.3 is 0 Å². The van der Waals surface area contributed by atoms with Crippen LogP contribution in [0.25, 0.3) is 21.8 Å². The molecule has 0 amide bonds. The molecule has 3 heteroatoms. The van der Waals surface area contributed by atoms with Gasteiger partial charge in [0.25, 0.3) is 0 Å². The van der Waals surface area contributed by atoms with Crippen LogP contribution in [0.4, 0.5) is 0 Å². The fraction of sp³-hybridized carbons (Fsp3) is 0.211. The van der Waals surface area contributed by atoms with Crippen LogP contribution in [-0.4, -0.2) is 10.9 Å². The van der Waals surface area contributed by atoms with Crippen LogP contribution in [0.2, 0.25) is 0 Å². The Morgan fingerprint density at radius 2 is 1.73 bits per heavy atom. The number of hydrogen-bond acceptors (Lipinski definition) is 2. The highest BCUT2D eigenvalue weighted by Gasteiger charge is 2.15. The SMILES string of the molecule is Cc1ccc(-c2nc(-c3ccccc3C)sc2CCCl)cc1. The van der Waals surface area contributed by atoms with Crippen molar-refractivity contribution in [1.82, 2.24) is 4.98 Å². The first kappa shape index (κ1) is 15.3. The highest BCUT2D eigenvalue weighted by atomic mass is 35.5. The van der Waals surface area contributed by atoms with E-state index in [2.05, 4.69) is 62.4 Å². The maximum Gasteiger partial charge on any atom is 0.124 e. The first-order valence-corrected chi connectivity index (χ1v) is 8.73. The van der Waals surface area contributed by atoms with Crippen LogP contribution in [0, 0.1) is 13.8 Å². The van der Waals surface area contributed by atoms with Crippen molar-refractivity contribution in [3.8, 4) is 21.8 Å². The van der Waals surface area contributed by atoms with Gasteiger partial charge < -0.3 is 0 Å². The van der Waals surface area contributed by atoms with Gasteiger partial charge in [-0.15, -0.1) is 22.9 Å². The van der Waals surface area contributed by atoms with E-state index in [1.807, 2.05) is 0 Å². The summed E-state index contributed by atoms with van der Waals surface area (Å²) in [6.07, 6.45) is 0.855. The molecule has 0 saturated carbocycles. The lowest BCUT2D eigenvalue weighted by Gasteiger charge is -2.01. The molecule has 3 rings (SSSR count). The van der Waals surface area contributed by atoms with Crippen molar-refractivity contribution in [2.75, 3.05) is 5.88 Å². The molecule has 2 aromatic carbocycles. The third-order valence-electron chi connectivity index (χ3n) is 3.72. The average molecular weight is 328 g/mol. The van der Waals surface area contributed by atoms with Crippen LogP contribution in [0.1, 0.15) is 16.0 Å². The van der Waals surface area contributed by atoms with Gasteiger partial charge in [0.2, 0.25) is 0 Å². The average Bonchev–Trinajstić information content (AvgIpc) is 2.93. The normalized spacial score (nSPS) is 10.9. The molecule has 1 heterocycles. The monoisotopic (exact) mass is 327 g/mol. The molecule has 0 aliphatic carbocycles. The van der Waals surface area contributed by atoms with E-state index >= 15 is 0 Å². The first-order valence-electron chi connectivity index (χ1n) is 7.37. The summed E-state index contributed by atoms with van der Waals surface area (Å²) in [5.74, 6) is 0.619. The molecule has 0 unspecified atom stereocenters. The zero-order valence-corrected chi connectivity index (χ0v) is 14.3. The van der Waals surface area contributed by atoms with Gasteiger partial charge in [0.15, 0.2) is 0 Å². The van der Waals surface area contributed by atoms with Crippen LogP contribution in [0.15, 0.2) is 48.5 Å². The van der Waals surface area contributed by atoms with Gasteiger partial charge in [0, 0.05) is 21.9 Å². The van der Waals surface area contributed by atoms with Crippen LogP contribution in [0.5, 0.6) is 0 Å². The highest BCUT2D eigenvalue weighted by Crippen LogP contribution is 2.35. The lowest BCUT2D eigenvalue weighted by molar-refractivity contribution is 1.18. The minimum atomic E-state index is 0.619. The Hall–Kier alpha value is -1.64. The number of hydrogen-bond donors (Lipinski definition) is 0. The maximum atomic E-state index is 5.99. The molecule has 0 aliphatic rings. The lowest BCUT2D eigenvalue weighted by atomic mass is 10.1. The number of halogens is 1. The molecule has 0 fully saturated rings. The van der Waals surface area contributed by atoms with E-state index in [0.29, 0.717) is 5.88 Å². The fourth-order valence-corrected chi connectivity index (χ4v) is 3.95. The van der Waals surface area contributed by atoms with Gasteiger partial charge in [0.1, 0.15) is 5.01 Å². The van der Waals surface area contributed by atoms with Crippen molar-refractivity contribution >= 4 is 22.9 Å². The number of rotatable bonds is 4. The lowest BCUT2D eigenvalue weighted by Crippen LogP contribution is -1.87. The second-order valence-electron chi connectivity index (χ2n) is 5.41. The summed E-state index contributed by atoms with van der Waals surface area (Å²) >= 11 is 7.74. The number of aryl methyl sites for hydroxylation is 3. The Balaban J connectivity index is 2.10. The van der Waals surface area contributed by atoms with Crippen molar-refractivity contribution in [2.24, 2.45) is 0 Å². The number of nitrogens with zero attached hydrogens (tertiary/aromatic N) is 1. The van der Waals surface area contributed by atoms with Gasteiger partial charge in [0.05, 0.1) is 5.69 Å². The van der Waals surface area contributed by atoms with Gasteiger partial charge in [-0.05, 0) is 25.8 Å². The Kier molecular flexibility index (Phi) is 4.60. The van der Waals surface area contributed by atoms with Gasteiger partial charge in [-0.2, -0.15) is 0 Å². The van der Waals surface area contributed by atoms with Crippen LogP contribution < -0.4 is 0 Å². The van der Waals surface area contributed by atoms with Crippen molar-refractivity contribution in [2.45, 2.75) is 20.3 Å². The first-order chi connectivity index (χ1) is 10.7. The summed E-state index contributed by atoms with van der Waals surface area (Å²) in [5.41, 5.74) is 5.97. The molecule has 0 aliphatic heterocycles. The molecule has 1 aromatic heterocycles. The Bertz CT molecular complexity index is 774. The fourth-order valence-electron chi connectivity index (χ4n) is 2.47.